The number of ether oxygens (including phenoxy) is 1. The second-order valence-corrected chi connectivity index (χ2v) is 6.96. The SMILES string of the molecule is COC(=O)Cn1c(CCCNC(=O)c2cccc(Br)c2)nc2ccccc21. The van der Waals surface area contributed by atoms with Crippen molar-refractivity contribution in [3.63, 3.8) is 0 Å². The minimum atomic E-state index is -0.317. The van der Waals surface area contributed by atoms with Crippen molar-refractivity contribution in [1.29, 1.82) is 0 Å². The lowest BCUT2D eigenvalue weighted by Crippen LogP contribution is -2.25. The van der Waals surface area contributed by atoms with Gasteiger partial charge in [0.15, 0.2) is 0 Å². The summed E-state index contributed by atoms with van der Waals surface area (Å²) in [6.45, 7) is 0.642. The highest BCUT2D eigenvalue weighted by Crippen LogP contribution is 2.17. The summed E-state index contributed by atoms with van der Waals surface area (Å²) in [6.07, 6.45) is 1.36. The third-order valence-corrected chi connectivity index (χ3v) is 4.69. The van der Waals surface area contributed by atoms with Crippen LogP contribution in [0, 0.1) is 0 Å². The van der Waals surface area contributed by atoms with Crippen LogP contribution >= 0.6 is 15.9 Å². The van der Waals surface area contributed by atoms with E-state index in [1.165, 1.54) is 7.11 Å². The monoisotopic (exact) mass is 429 g/mol. The van der Waals surface area contributed by atoms with E-state index in [9.17, 15) is 9.59 Å². The maximum Gasteiger partial charge on any atom is 0.325 e. The summed E-state index contributed by atoms with van der Waals surface area (Å²) in [5.74, 6) is 0.375. The molecule has 7 heteroatoms. The fourth-order valence-corrected chi connectivity index (χ4v) is 3.27. The number of halogens is 1. The van der Waals surface area contributed by atoms with Gasteiger partial charge in [0.2, 0.25) is 0 Å². The van der Waals surface area contributed by atoms with Crippen molar-refractivity contribution >= 4 is 38.8 Å². The molecule has 3 aromatic rings. The van der Waals surface area contributed by atoms with Gasteiger partial charge in [0, 0.05) is 23.0 Å². The van der Waals surface area contributed by atoms with Gasteiger partial charge < -0.3 is 14.6 Å². The molecule has 0 radical (unpaired) electrons. The van der Waals surface area contributed by atoms with Crippen molar-refractivity contribution in [3.8, 4) is 0 Å². The molecule has 0 saturated carbocycles. The van der Waals surface area contributed by atoms with E-state index in [0.29, 0.717) is 24.9 Å². The van der Waals surface area contributed by atoms with E-state index >= 15 is 0 Å². The summed E-state index contributed by atoms with van der Waals surface area (Å²) in [6, 6.07) is 14.9. The lowest BCUT2D eigenvalue weighted by Gasteiger charge is -2.09. The molecule has 0 aliphatic rings. The molecule has 0 aliphatic heterocycles. The van der Waals surface area contributed by atoms with Crippen LogP contribution in [0.15, 0.2) is 53.0 Å². The van der Waals surface area contributed by atoms with Crippen molar-refractivity contribution in [2.24, 2.45) is 0 Å². The van der Waals surface area contributed by atoms with Crippen LogP contribution in [0.1, 0.15) is 22.6 Å². The maximum absolute atomic E-state index is 12.2. The number of carbonyl (C=O) groups excluding carboxylic acids is 2. The molecule has 1 heterocycles. The molecule has 0 aliphatic carbocycles. The molecule has 0 fully saturated rings. The zero-order valence-corrected chi connectivity index (χ0v) is 16.5. The quantitative estimate of drug-likeness (QED) is 0.461. The lowest BCUT2D eigenvalue weighted by atomic mass is 10.2. The molecule has 0 spiro atoms. The van der Waals surface area contributed by atoms with Crippen molar-refractivity contribution in [2.75, 3.05) is 13.7 Å². The van der Waals surface area contributed by atoms with Gasteiger partial charge in [-0.3, -0.25) is 9.59 Å². The molecule has 1 aromatic heterocycles. The molecule has 6 nitrogen and oxygen atoms in total. The first-order chi connectivity index (χ1) is 13.1. The smallest absolute Gasteiger partial charge is 0.325 e. The normalized spacial score (nSPS) is 10.7. The summed E-state index contributed by atoms with van der Waals surface area (Å²) in [5.41, 5.74) is 2.35. The van der Waals surface area contributed by atoms with Crippen molar-refractivity contribution in [3.05, 3.63) is 64.4 Å². The molecule has 1 N–H and O–H groups in total. The fourth-order valence-electron chi connectivity index (χ4n) is 2.87. The van der Waals surface area contributed by atoms with E-state index in [1.54, 1.807) is 12.1 Å². The van der Waals surface area contributed by atoms with Gasteiger partial charge in [-0.15, -0.1) is 0 Å². The Labute approximate surface area is 165 Å². The van der Waals surface area contributed by atoms with Crippen LogP contribution in [0.2, 0.25) is 0 Å². The Balaban J connectivity index is 1.63. The average molecular weight is 430 g/mol. The lowest BCUT2D eigenvalue weighted by molar-refractivity contribution is -0.141. The number of nitrogens with one attached hydrogen (secondary N) is 1. The van der Waals surface area contributed by atoms with Crippen molar-refractivity contribution in [1.82, 2.24) is 14.9 Å². The minimum Gasteiger partial charge on any atom is -0.468 e. The Morgan fingerprint density at radius 1 is 1.19 bits per heavy atom. The number of para-hydroxylation sites is 2. The standard InChI is InChI=1S/C20H20BrN3O3/c1-27-19(25)13-24-17-9-3-2-8-16(17)23-18(24)10-5-11-22-20(26)14-6-4-7-15(21)12-14/h2-4,6-9,12H,5,10-11,13H2,1H3,(H,22,26). The first-order valence-electron chi connectivity index (χ1n) is 8.63. The molecule has 0 unspecified atom stereocenters. The van der Waals surface area contributed by atoms with Crippen LogP contribution in [-0.2, 0) is 22.5 Å². The minimum absolute atomic E-state index is 0.112. The number of hydrogen-bond donors (Lipinski definition) is 1. The Morgan fingerprint density at radius 2 is 2.00 bits per heavy atom. The van der Waals surface area contributed by atoms with Crippen molar-refractivity contribution in [2.45, 2.75) is 19.4 Å². The predicted octanol–water partition coefficient (Wildman–Crippen LogP) is 3.33. The predicted molar refractivity (Wildman–Crippen MR) is 107 cm³/mol. The number of amides is 1. The number of carbonyl (C=O) groups is 2. The summed E-state index contributed by atoms with van der Waals surface area (Å²) in [7, 11) is 1.37. The Morgan fingerprint density at radius 3 is 2.78 bits per heavy atom. The van der Waals surface area contributed by atoms with Crippen LogP contribution in [0.5, 0.6) is 0 Å². The second kappa shape index (κ2) is 8.81. The number of aromatic nitrogens is 2. The Kier molecular flexibility index (Phi) is 6.24. The molecule has 1 amide bonds. The van der Waals surface area contributed by atoms with Gasteiger partial charge in [-0.25, -0.2) is 4.98 Å². The van der Waals surface area contributed by atoms with Crippen LogP contribution in [0.3, 0.4) is 0 Å². The summed E-state index contributed by atoms with van der Waals surface area (Å²) >= 11 is 3.36. The third-order valence-electron chi connectivity index (χ3n) is 4.20. The molecule has 0 bridgehead atoms. The summed E-state index contributed by atoms with van der Waals surface area (Å²) in [5, 5.41) is 2.91. The second-order valence-electron chi connectivity index (χ2n) is 6.05. The van der Waals surface area contributed by atoms with Gasteiger partial charge in [-0.2, -0.15) is 0 Å². The van der Waals surface area contributed by atoms with Crippen LogP contribution in [-0.4, -0.2) is 35.1 Å². The van der Waals surface area contributed by atoms with Crippen LogP contribution in [0.25, 0.3) is 11.0 Å². The fraction of sp³-hybridized carbons (Fsp3) is 0.250. The van der Waals surface area contributed by atoms with E-state index in [1.807, 2.05) is 41.0 Å². The first-order valence-corrected chi connectivity index (χ1v) is 9.42. The van der Waals surface area contributed by atoms with Gasteiger partial charge >= 0.3 is 5.97 Å². The summed E-state index contributed by atoms with van der Waals surface area (Å²) < 4.78 is 7.53. The number of fused-ring (bicyclic) bond motifs is 1. The highest BCUT2D eigenvalue weighted by Gasteiger charge is 2.14. The molecule has 3 rings (SSSR count). The summed E-state index contributed by atoms with van der Waals surface area (Å²) in [4.78, 5) is 28.6. The zero-order chi connectivity index (χ0) is 19.2. The molecular formula is C20H20BrN3O3. The number of rotatable bonds is 7. The number of benzene rings is 2. The van der Waals surface area contributed by atoms with Crippen LogP contribution < -0.4 is 5.32 Å². The molecule has 2 aromatic carbocycles. The van der Waals surface area contributed by atoms with E-state index in [2.05, 4.69) is 26.2 Å². The van der Waals surface area contributed by atoms with Gasteiger partial charge in [-0.05, 0) is 36.8 Å². The third kappa shape index (κ3) is 4.74. The van der Waals surface area contributed by atoms with Crippen molar-refractivity contribution < 1.29 is 14.3 Å². The highest BCUT2D eigenvalue weighted by molar-refractivity contribution is 9.10. The molecule has 140 valence electrons. The maximum atomic E-state index is 12.2. The van der Waals surface area contributed by atoms with E-state index in [4.69, 9.17) is 4.74 Å². The number of imidazole rings is 1. The van der Waals surface area contributed by atoms with E-state index in [0.717, 1.165) is 21.3 Å². The van der Waals surface area contributed by atoms with Gasteiger partial charge in [0.05, 0.1) is 18.1 Å². The van der Waals surface area contributed by atoms with Gasteiger partial charge in [0.25, 0.3) is 5.91 Å². The molecule has 27 heavy (non-hydrogen) atoms. The zero-order valence-electron chi connectivity index (χ0n) is 14.9. The van der Waals surface area contributed by atoms with Gasteiger partial charge in [-0.1, -0.05) is 34.1 Å². The van der Waals surface area contributed by atoms with E-state index < -0.39 is 0 Å². The molecule has 0 atom stereocenters. The highest BCUT2D eigenvalue weighted by atomic mass is 79.9. The van der Waals surface area contributed by atoms with Crippen LogP contribution in [0.4, 0.5) is 0 Å². The Bertz CT molecular complexity index is 968. The van der Waals surface area contributed by atoms with E-state index in [-0.39, 0.29) is 18.4 Å². The Hall–Kier alpha value is -2.67. The average Bonchev–Trinajstić information content (AvgIpc) is 3.02. The number of methoxy groups -OCH3 is 1. The molecule has 0 saturated heterocycles. The number of esters is 1. The number of aryl methyl sites for hydroxylation is 1. The number of hydrogen-bond acceptors (Lipinski definition) is 4. The largest absolute Gasteiger partial charge is 0.468 e. The first kappa shape index (κ1) is 19.1. The molecular weight excluding hydrogens is 410 g/mol. The topological polar surface area (TPSA) is 73.2 Å². The van der Waals surface area contributed by atoms with Gasteiger partial charge in [0.1, 0.15) is 12.4 Å². The number of nitrogens with zero attached hydrogens (tertiary/aromatic N) is 2.